The van der Waals surface area contributed by atoms with E-state index in [0.717, 1.165) is 11.3 Å². The monoisotopic (exact) mass is 457 g/mol. The predicted molar refractivity (Wildman–Crippen MR) is 109 cm³/mol. The normalized spacial score (nSPS) is 20.9. The summed E-state index contributed by atoms with van der Waals surface area (Å²) in [6, 6.07) is -0.843. The van der Waals surface area contributed by atoms with Crippen LogP contribution in [0.1, 0.15) is 5.69 Å². The second-order valence-electron chi connectivity index (χ2n) is 5.76. The second kappa shape index (κ2) is 8.84. The molecule has 0 radical (unpaired) electrons. The van der Waals surface area contributed by atoms with Crippen molar-refractivity contribution in [3.05, 3.63) is 34.5 Å². The van der Waals surface area contributed by atoms with Gasteiger partial charge in [0.25, 0.3) is 11.8 Å². The van der Waals surface area contributed by atoms with Gasteiger partial charge in [0.15, 0.2) is 10.8 Å². The molecule has 0 saturated carbocycles. The first-order chi connectivity index (χ1) is 13.8. The van der Waals surface area contributed by atoms with E-state index in [1.807, 2.05) is 0 Å². The molecule has 10 nitrogen and oxygen atoms in total. The number of β-lactam (4-membered cyclic amide) rings is 1. The number of thioether (sulfide) groups is 1. The predicted octanol–water partition coefficient (Wildman–Crippen LogP) is 0.655. The van der Waals surface area contributed by atoms with Gasteiger partial charge in [-0.2, -0.15) is 0 Å². The third-order valence-corrected chi connectivity index (χ3v) is 5.83. The van der Waals surface area contributed by atoms with Gasteiger partial charge in [-0.05, 0) is 6.08 Å². The number of fused-ring (bicyclic) bond motifs is 1. The van der Waals surface area contributed by atoms with Crippen molar-refractivity contribution >= 4 is 63.3 Å². The van der Waals surface area contributed by atoms with Gasteiger partial charge in [0.1, 0.15) is 36.5 Å². The molecule has 0 aromatic carbocycles. The minimum Gasteiger partial charge on any atom is -0.455 e. The van der Waals surface area contributed by atoms with E-state index in [4.69, 9.17) is 26.9 Å². The van der Waals surface area contributed by atoms with Gasteiger partial charge in [-0.1, -0.05) is 23.3 Å². The Hall–Kier alpha value is -2.57. The Kier molecular flexibility index (Phi) is 6.45. The topological polar surface area (TPSA) is 136 Å². The Morgan fingerprint density at radius 1 is 1.55 bits per heavy atom. The summed E-state index contributed by atoms with van der Waals surface area (Å²) in [5, 5.41) is 7.82. The molecular weight excluding hydrogens is 442 g/mol. The molecule has 0 spiro atoms. The molecular formula is C16H16ClN5O5S2. The highest BCUT2D eigenvalue weighted by molar-refractivity contribution is 8.00. The molecule has 2 aliphatic heterocycles. The molecule has 1 aromatic heterocycles. The zero-order valence-electron chi connectivity index (χ0n) is 15.1. The van der Waals surface area contributed by atoms with Crippen LogP contribution in [0.2, 0.25) is 0 Å². The van der Waals surface area contributed by atoms with Crippen LogP contribution in [-0.2, 0) is 24.0 Å². The van der Waals surface area contributed by atoms with Gasteiger partial charge >= 0.3 is 5.97 Å². The Bertz CT molecular complexity index is 931. The summed E-state index contributed by atoms with van der Waals surface area (Å²) < 4.78 is 5.01. The number of hydrogen-bond acceptors (Lipinski definition) is 10. The highest BCUT2D eigenvalue weighted by Gasteiger charge is 2.53. The van der Waals surface area contributed by atoms with Gasteiger partial charge in [0.2, 0.25) is 0 Å². The van der Waals surface area contributed by atoms with E-state index in [9.17, 15) is 14.4 Å². The lowest BCUT2D eigenvalue weighted by atomic mass is 10.0. The third-order valence-electron chi connectivity index (χ3n) is 3.86. The van der Waals surface area contributed by atoms with E-state index in [2.05, 4.69) is 22.0 Å². The highest BCUT2D eigenvalue weighted by atomic mass is 35.5. The van der Waals surface area contributed by atoms with Crippen LogP contribution in [0, 0.1) is 0 Å². The van der Waals surface area contributed by atoms with Crippen molar-refractivity contribution < 1.29 is 24.0 Å². The number of nitrogens with one attached hydrogen (secondary N) is 1. The average molecular weight is 458 g/mol. The van der Waals surface area contributed by atoms with Crippen molar-refractivity contribution in [2.45, 2.75) is 11.4 Å². The summed E-state index contributed by atoms with van der Waals surface area (Å²) in [6.45, 7) is 3.28. The van der Waals surface area contributed by atoms with Crippen molar-refractivity contribution in [1.82, 2.24) is 15.2 Å². The van der Waals surface area contributed by atoms with Crippen LogP contribution in [0.25, 0.3) is 0 Å². The molecule has 1 aromatic rings. The van der Waals surface area contributed by atoms with Gasteiger partial charge in [-0.15, -0.1) is 23.1 Å². The van der Waals surface area contributed by atoms with Gasteiger partial charge < -0.3 is 20.6 Å². The molecule has 0 bridgehead atoms. The fourth-order valence-corrected chi connectivity index (χ4v) is 4.45. The van der Waals surface area contributed by atoms with Crippen LogP contribution in [0.5, 0.6) is 0 Å². The number of hydrogen-bond donors (Lipinski definition) is 2. The quantitative estimate of drug-likeness (QED) is 0.263. The maximum absolute atomic E-state index is 12.7. The number of halogens is 1. The fraction of sp³-hybridized carbons (Fsp3) is 0.312. The smallest absolute Gasteiger partial charge is 0.355 e. The minimum absolute atomic E-state index is 0.108. The van der Waals surface area contributed by atoms with Crippen molar-refractivity contribution in [2.24, 2.45) is 5.16 Å². The first-order valence-electron chi connectivity index (χ1n) is 8.12. The summed E-state index contributed by atoms with van der Waals surface area (Å²) in [5.74, 6) is -1.31. The molecule has 1 unspecified atom stereocenters. The number of esters is 1. The third kappa shape index (κ3) is 4.38. The van der Waals surface area contributed by atoms with Gasteiger partial charge in [-0.25, -0.2) is 9.78 Å². The highest BCUT2D eigenvalue weighted by Crippen LogP contribution is 2.37. The van der Waals surface area contributed by atoms with Gasteiger partial charge in [0.05, 0.1) is 0 Å². The van der Waals surface area contributed by atoms with Crippen molar-refractivity contribution in [3.8, 4) is 0 Å². The number of carbonyl (C=O) groups is 3. The maximum Gasteiger partial charge on any atom is 0.355 e. The van der Waals surface area contributed by atoms with Crippen LogP contribution in [0.4, 0.5) is 5.13 Å². The summed E-state index contributed by atoms with van der Waals surface area (Å²) in [7, 11) is 1.29. The first-order valence-corrected chi connectivity index (χ1v) is 10.4. The Morgan fingerprint density at radius 3 is 2.93 bits per heavy atom. The molecule has 2 aliphatic rings. The van der Waals surface area contributed by atoms with Crippen molar-refractivity contribution in [1.29, 1.82) is 0 Å². The number of amides is 2. The van der Waals surface area contributed by atoms with E-state index < -0.39 is 29.2 Å². The molecule has 2 atom stereocenters. The van der Waals surface area contributed by atoms with Crippen LogP contribution in [0.15, 0.2) is 33.9 Å². The average Bonchev–Trinajstić information content (AvgIpc) is 3.13. The van der Waals surface area contributed by atoms with Crippen molar-refractivity contribution in [3.63, 3.8) is 0 Å². The number of ether oxygens (including phenoxy) is 1. The molecule has 1 saturated heterocycles. The molecule has 3 rings (SSSR count). The number of nitrogens with zero attached hydrogens (tertiary/aromatic N) is 3. The standard InChI is InChI=1S/C16H16ClN5O5S2/c1-7(17)5-27-15(25)9-3-4-28-14-11(13(24)22(9)14)20-12(23)10(21-26-2)8-6-29-16(18)19-8/h3,6,11,14H,1,4-5H2,2H3,(H2,18,19)(H,20,23)/b21-10-/t11?,14-/m1/s1. The number of oxime groups is 1. The van der Waals surface area contributed by atoms with Crippen molar-refractivity contribution in [2.75, 3.05) is 25.2 Å². The number of rotatable bonds is 7. The molecule has 0 aliphatic carbocycles. The van der Waals surface area contributed by atoms with Crippen LogP contribution >= 0.6 is 34.7 Å². The molecule has 13 heteroatoms. The summed E-state index contributed by atoms with van der Waals surface area (Å²) in [5.41, 5.74) is 5.84. The van der Waals surface area contributed by atoms with E-state index >= 15 is 0 Å². The lowest BCUT2D eigenvalue weighted by Crippen LogP contribution is -2.70. The number of anilines is 1. The van der Waals surface area contributed by atoms with Crippen LogP contribution < -0.4 is 11.1 Å². The number of thiazole rings is 1. The zero-order chi connectivity index (χ0) is 21.1. The Morgan fingerprint density at radius 2 is 2.31 bits per heavy atom. The summed E-state index contributed by atoms with van der Waals surface area (Å²) in [6.07, 6.45) is 1.59. The lowest BCUT2D eigenvalue weighted by Gasteiger charge is -2.48. The maximum atomic E-state index is 12.7. The first kappa shape index (κ1) is 21.1. The Labute approximate surface area is 178 Å². The fourth-order valence-electron chi connectivity index (χ4n) is 2.65. The molecule has 29 heavy (non-hydrogen) atoms. The largest absolute Gasteiger partial charge is 0.455 e. The van der Waals surface area contributed by atoms with E-state index in [0.29, 0.717) is 5.75 Å². The zero-order valence-corrected chi connectivity index (χ0v) is 17.5. The molecule has 2 amide bonds. The molecule has 1 fully saturated rings. The number of aromatic nitrogens is 1. The Balaban J connectivity index is 1.69. The van der Waals surface area contributed by atoms with Crippen LogP contribution in [0.3, 0.4) is 0 Å². The molecule has 3 heterocycles. The second-order valence-corrected chi connectivity index (χ2v) is 8.33. The number of nitrogens with two attached hydrogens (primary N) is 1. The van der Waals surface area contributed by atoms with Gasteiger partial charge in [0, 0.05) is 16.2 Å². The SMILES string of the molecule is C=C(Cl)COC(=O)C1=CCS[C@@H]2C(NC(=O)/C(=N\OC)c3csc(N)n3)C(=O)N12. The van der Waals surface area contributed by atoms with Gasteiger partial charge in [-0.3, -0.25) is 14.5 Å². The molecule has 3 N–H and O–H groups in total. The number of carbonyl (C=O) groups excluding carboxylic acids is 3. The minimum atomic E-state index is -0.843. The number of nitrogen functional groups attached to an aromatic ring is 1. The van der Waals surface area contributed by atoms with Crippen LogP contribution in [-0.4, -0.2) is 64.3 Å². The summed E-state index contributed by atoms with van der Waals surface area (Å²) >= 11 is 8.13. The van der Waals surface area contributed by atoms with E-state index in [1.54, 1.807) is 11.5 Å². The van der Waals surface area contributed by atoms with E-state index in [-0.39, 0.29) is 33.9 Å². The van der Waals surface area contributed by atoms with E-state index in [1.165, 1.54) is 23.8 Å². The molecule has 154 valence electrons. The lowest BCUT2D eigenvalue weighted by molar-refractivity contribution is -0.151. The summed E-state index contributed by atoms with van der Waals surface area (Å²) in [4.78, 5) is 47.5.